The molecule has 2 rings (SSSR count). The zero-order valence-electron chi connectivity index (χ0n) is 15.1. The summed E-state index contributed by atoms with van der Waals surface area (Å²) in [5, 5.41) is 0. The number of benzene rings is 1. The van der Waals surface area contributed by atoms with E-state index in [1.165, 1.54) is 5.57 Å². The zero-order valence-corrected chi connectivity index (χ0v) is 16.6. The number of hydrogen-bond donors (Lipinski definition) is 0. The van der Waals surface area contributed by atoms with Crippen molar-refractivity contribution in [2.24, 2.45) is 17.3 Å². The zero-order chi connectivity index (χ0) is 18.8. The van der Waals surface area contributed by atoms with E-state index < -0.39 is 6.10 Å². The minimum atomic E-state index is -0.501. The molecule has 0 N–H and O–H groups in total. The van der Waals surface area contributed by atoms with Crippen LogP contribution in [-0.2, 0) is 9.53 Å². The van der Waals surface area contributed by atoms with Gasteiger partial charge in [0, 0.05) is 0 Å². The number of hydrogen-bond acceptors (Lipinski definition) is 2. The van der Waals surface area contributed by atoms with E-state index in [9.17, 15) is 4.79 Å². The number of esters is 1. The van der Waals surface area contributed by atoms with Crippen LogP contribution in [0.1, 0.15) is 44.9 Å². The quantitative estimate of drug-likeness (QED) is 0.418. The van der Waals surface area contributed by atoms with Gasteiger partial charge in [-0.05, 0) is 54.5 Å². The molecule has 1 saturated carbocycles. The summed E-state index contributed by atoms with van der Waals surface area (Å²) in [4.78, 5) is 12.7. The summed E-state index contributed by atoms with van der Waals surface area (Å²) in [5.41, 5.74) is 2.82. The molecule has 1 aromatic rings. The highest BCUT2D eigenvalue weighted by molar-refractivity contribution is 6.57. The van der Waals surface area contributed by atoms with Gasteiger partial charge < -0.3 is 4.74 Å². The number of carbonyl (C=O) groups excluding carboxylic acids is 1. The highest BCUT2D eigenvalue weighted by Gasteiger charge is 2.61. The number of allylic oxidation sites excluding steroid dienone is 2. The van der Waals surface area contributed by atoms with Crippen LogP contribution >= 0.6 is 23.2 Å². The first-order valence-corrected chi connectivity index (χ1v) is 9.03. The van der Waals surface area contributed by atoms with Crippen molar-refractivity contribution in [1.82, 2.24) is 0 Å². The second-order valence-corrected chi connectivity index (χ2v) is 8.27. The van der Waals surface area contributed by atoms with Crippen molar-refractivity contribution in [3.63, 3.8) is 0 Å². The topological polar surface area (TPSA) is 26.3 Å². The predicted molar refractivity (Wildman–Crippen MR) is 105 cm³/mol. The third-order valence-corrected chi connectivity index (χ3v) is 4.87. The Balaban J connectivity index is 2.15. The maximum atomic E-state index is 12.7. The fourth-order valence-electron chi connectivity index (χ4n) is 3.20. The Hall–Kier alpha value is -1.51. The minimum absolute atomic E-state index is 0.0726. The normalized spacial score (nSPS) is 21.7. The lowest BCUT2D eigenvalue weighted by Gasteiger charge is -2.15. The molecule has 25 heavy (non-hydrogen) atoms. The van der Waals surface area contributed by atoms with Gasteiger partial charge in [-0.1, -0.05) is 73.5 Å². The number of rotatable bonds is 6. The maximum Gasteiger partial charge on any atom is 0.311 e. The molecule has 0 heterocycles. The summed E-state index contributed by atoms with van der Waals surface area (Å²) in [6.45, 7) is 12.1. The summed E-state index contributed by atoms with van der Waals surface area (Å²) < 4.78 is 5.92. The lowest BCUT2D eigenvalue weighted by molar-refractivity contribution is -0.149. The molecule has 0 amide bonds. The van der Waals surface area contributed by atoms with Gasteiger partial charge in [-0.25, -0.2) is 0 Å². The van der Waals surface area contributed by atoms with E-state index in [1.54, 1.807) is 12.2 Å². The van der Waals surface area contributed by atoms with E-state index in [0.29, 0.717) is 0 Å². The van der Waals surface area contributed by atoms with Gasteiger partial charge in [0.2, 0.25) is 0 Å². The molecule has 3 atom stereocenters. The molecule has 4 heteroatoms. The SMILES string of the molecule is C=CC(OC(=O)C1C(C=C(C)C)C1(C)C)c1cccc(C=C(Cl)Cl)c1. The number of carbonyl (C=O) groups is 1. The Kier molecular flexibility index (Phi) is 6.18. The van der Waals surface area contributed by atoms with Gasteiger partial charge in [0.05, 0.1) is 5.92 Å². The van der Waals surface area contributed by atoms with Crippen LogP contribution in [0.15, 0.2) is 53.1 Å². The molecule has 134 valence electrons. The molecule has 1 fully saturated rings. The molecular formula is C21H24Cl2O2. The first kappa shape index (κ1) is 19.8. The van der Waals surface area contributed by atoms with Gasteiger partial charge in [-0.15, -0.1) is 0 Å². The van der Waals surface area contributed by atoms with Crippen molar-refractivity contribution in [3.8, 4) is 0 Å². The first-order chi connectivity index (χ1) is 11.7. The molecule has 0 saturated heterocycles. The fourth-order valence-corrected chi connectivity index (χ4v) is 3.45. The lowest BCUT2D eigenvalue weighted by atomic mass is 10.1. The van der Waals surface area contributed by atoms with Gasteiger partial charge in [0.1, 0.15) is 10.6 Å². The molecule has 1 aliphatic carbocycles. The van der Waals surface area contributed by atoms with Gasteiger partial charge in [-0.3, -0.25) is 4.79 Å². The van der Waals surface area contributed by atoms with Crippen LogP contribution in [0.4, 0.5) is 0 Å². The van der Waals surface area contributed by atoms with Crippen LogP contribution < -0.4 is 0 Å². The fraction of sp³-hybridized carbons (Fsp3) is 0.381. The monoisotopic (exact) mass is 378 g/mol. The van der Waals surface area contributed by atoms with Crippen molar-refractivity contribution < 1.29 is 9.53 Å². The van der Waals surface area contributed by atoms with E-state index in [-0.39, 0.29) is 27.7 Å². The second kappa shape index (κ2) is 7.80. The Morgan fingerprint density at radius 1 is 1.32 bits per heavy atom. The first-order valence-electron chi connectivity index (χ1n) is 8.27. The smallest absolute Gasteiger partial charge is 0.311 e. The van der Waals surface area contributed by atoms with Gasteiger partial charge >= 0.3 is 5.97 Å². The summed E-state index contributed by atoms with van der Waals surface area (Å²) in [7, 11) is 0. The molecule has 0 aliphatic heterocycles. The van der Waals surface area contributed by atoms with Crippen molar-refractivity contribution >= 4 is 35.2 Å². The third-order valence-electron chi connectivity index (χ3n) is 4.65. The average Bonchev–Trinajstić information content (AvgIpc) is 3.04. The predicted octanol–water partition coefficient (Wildman–Crippen LogP) is 6.47. The molecular weight excluding hydrogens is 355 g/mol. The molecule has 0 radical (unpaired) electrons. The van der Waals surface area contributed by atoms with E-state index >= 15 is 0 Å². The Bertz CT molecular complexity index is 723. The van der Waals surface area contributed by atoms with Crippen LogP contribution in [-0.4, -0.2) is 5.97 Å². The molecule has 1 aromatic carbocycles. The third kappa shape index (κ3) is 4.77. The minimum Gasteiger partial charge on any atom is -0.453 e. The molecule has 1 aliphatic rings. The second-order valence-electron chi connectivity index (χ2n) is 7.27. The lowest BCUT2D eigenvalue weighted by Crippen LogP contribution is -2.14. The summed E-state index contributed by atoms with van der Waals surface area (Å²) >= 11 is 11.4. The van der Waals surface area contributed by atoms with E-state index in [1.807, 2.05) is 38.1 Å². The van der Waals surface area contributed by atoms with Crippen LogP contribution in [0.25, 0.3) is 6.08 Å². The van der Waals surface area contributed by atoms with Crippen molar-refractivity contribution in [1.29, 1.82) is 0 Å². The van der Waals surface area contributed by atoms with Crippen molar-refractivity contribution in [2.75, 3.05) is 0 Å². The van der Waals surface area contributed by atoms with E-state index in [2.05, 4.69) is 26.5 Å². The van der Waals surface area contributed by atoms with Crippen LogP contribution in [0.2, 0.25) is 0 Å². The van der Waals surface area contributed by atoms with E-state index in [4.69, 9.17) is 27.9 Å². The van der Waals surface area contributed by atoms with Gasteiger partial charge in [-0.2, -0.15) is 0 Å². The van der Waals surface area contributed by atoms with Crippen molar-refractivity contribution in [2.45, 2.75) is 33.8 Å². The highest BCUT2D eigenvalue weighted by atomic mass is 35.5. The summed E-state index contributed by atoms with van der Waals surface area (Å²) in [6, 6.07) is 7.53. The Morgan fingerprint density at radius 3 is 2.56 bits per heavy atom. The summed E-state index contributed by atoms with van der Waals surface area (Å²) in [5.74, 6) is -0.0845. The van der Waals surface area contributed by atoms with Crippen molar-refractivity contribution in [3.05, 3.63) is 64.2 Å². The maximum absolute atomic E-state index is 12.7. The number of halogens is 2. The average molecular weight is 379 g/mol. The number of ether oxygens (including phenoxy) is 1. The van der Waals surface area contributed by atoms with Crippen LogP contribution in [0, 0.1) is 17.3 Å². The molecule has 0 bridgehead atoms. The molecule has 0 aromatic heterocycles. The van der Waals surface area contributed by atoms with E-state index in [0.717, 1.165) is 11.1 Å². The van der Waals surface area contributed by atoms with Crippen LogP contribution in [0.5, 0.6) is 0 Å². The molecule has 2 nitrogen and oxygen atoms in total. The van der Waals surface area contributed by atoms with Gasteiger partial charge in [0.15, 0.2) is 0 Å². The summed E-state index contributed by atoms with van der Waals surface area (Å²) in [6.07, 6.45) is 4.93. The highest BCUT2D eigenvalue weighted by Crippen LogP contribution is 2.60. The molecule has 0 spiro atoms. The Labute approximate surface area is 160 Å². The Morgan fingerprint density at radius 2 is 2.00 bits per heavy atom. The van der Waals surface area contributed by atoms with Crippen LogP contribution in [0.3, 0.4) is 0 Å². The largest absolute Gasteiger partial charge is 0.453 e. The molecule has 3 unspecified atom stereocenters. The van der Waals surface area contributed by atoms with Gasteiger partial charge in [0.25, 0.3) is 0 Å². The standard InChI is InChI=1S/C21H24Cl2O2/c1-6-17(15-9-7-8-14(11-15)12-18(22)23)25-20(24)19-16(10-13(2)3)21(19,4)5/h6-12,16-17,19H,1H2,2-5H3.